The first-order chi connectivity index (χ1) is 14.9. The number of benzene rings is 1. The topological polar surface area (TPSA) is 113 Å². The largest absolute Gasteiger partial charge is 0.384 e. The molecule has 8 heteroatoms. The Morgan fingerprint density at radius 1 is 1.32 bits per heavy atom. The minimum Gasteiger partial charge on any atom is -0.384 e. The number of anilines is 1. The fourth-order valence-corrected chi connectivity index (χ4v) is 5.41. The van der Waals surface area contributed by atoms with Gasteiger partial charge in [0.05, 0.1) is 28.2 Å². The molecule has 1 aromatic carbocycles. The van der Waals surface area contributed by atoms with Crippen LogP contribution in [-0.4, -0.2) is 10.7 Å². The van der Waals surface area contributed by atoms with E-state index in [4.69, 9.17) is 5.73 Å². The third kappa shape index (κ3) is 3.41. The lowest BCUT2D eigenvalue weighted by atomic mass is 9.78. The average Bonchev–Trinajstić information content (AvgIpc) is 3.22. The Balaban J connectivity index is 1.98. The molecule has 1 unspecified atom stereocenters. The molecule has 1 aromatic heterocycles. The second-order valence-corrected chi connectivity index (χ2v) is 8.90. The molecular formula is C23H22N4O3S. The zero-order valence-corrected chi connectivity index (χ0v) is 18.2. The summed E-state index contributed by atoms with van der Waals surface area (Å²) in [5, 5.41) is 21.4. The highest BCUT2D eigenvalue weighted by atomic mass is 32.1. The molecule has 4 rings (SSSR count). The maximum atomic E-state index is 13.1. The molecule has 2 aliphatic rings. The number of rotatable bonds is 4. The lowest BCUT2D eigenvalue weighted by Gasteiger charge is -2.39. The minimum absolute atomic E-state index is 0.00559. The van der Waals surface area contributed by atoms with Crippen molar-refractivity contribution in [2.75, 3.05) is 4.90 Å². The van der Waals surface area contributed by atoms with Crippen molar-refractivity contribution in [3.8, 4) is 6.07 Å². The van der Waals surface area contributed by atoms with E-state index in [2.05, 4.69) is 13.0 Å². The molecule has 2 N–H and O–H groups in total. The fraction of sp³-hybridized carbons (Fsp3) is 0.304. The van der Waals surface area contributed by atoms with E-state index >= 15 is 0 Å². The Hall–Kier alpha value is -3.44. The second-order valence-electron chi connectivity index (χ2n) is 7.70. The molecule has 0 saturated heterocycles. The Morgan fingerprint density at radius 2 is 2.10 bits per heavy atom. The maximum Gasteiger partial charge on any atom is 0.271 e. The molecule has 158 valence electrons. The Morgan fingerprint density at radius 3 is 2.74 bits per heavy atom. The van der Waals surface area contributed by atoms with Gasteiger partial charge < -0.3 is 5.73 Å². The van der Waals surface area contributed by atoms with E-state index in [0.717, 1.165) is 22.6 Å². The third-order valence-corrected chi connectivity index (χ3v) is 7.17. The van der Waals surface area contributed by atoms with Crippen molar-refractivity contribution in [1.82, 2.24) is 0 Å². The van der Waals surface area contributed by atoms with Crippen molar-refractivity contribution >= 4 is 28.5 Å². The monoisotopic (exact) mass is 434 g/mol. The highest BCUT2D eigenvalue weighted by Gasteiger charge is 2.41. The zero-order chi connectivity index (χ0) is 22.3. The van der Waals surface area contributed by atoms with E-state index < -0.39 is 10.8 Å². The van der Waals surface area contributed by atoms with Gasteiger partial charge in [-0.1, -0.05) is 13.0 Å². The second kappa shape index (κ2) is 8.00. The van der Waals surface area contributed by atoms with Gasteiger partial charge in [0.2, 0.25) is 0 Å². The Kier molecular flexibility index (Phi) is 5.38. The molecule has 2 heterocycles. The van der Waals surface area contributed by atoms with Gasteiger partial charge in [-0.2, -0.15) is 5.26 Å². The van der Waals surface area contributed by atoms with Gasteiger partial charge in [0.1, 0.15) is 5.82 Å². The first kappa shape index (κ1) is 20.8. The summed E-state index contributed by atoms with van der Waals surface area (Å²) in [7, 11) is 0. The number of allylic oxidation sites excluding steroid dienone is 3. The lowest BCUT2D eigenvalue weighted by Crippen LogP contribution is -2.38. The van der Waals surface area contributed by atoms with Crippen LogP contribution in [-0.2, 0) is 11.2 Å². The van der Waals surface area contributed by atoms with E-state index in [0.29, 0.717) is 36.1 Å². The molecule has 0 amide bonds. The van der Waals surface area contributed by atoms with Gasteiger partial charge in [-0.3, -0.25) is 19.8 Å². The van der Waals surface area contributed by atoms with Gasteiger partial charge in [-0.05, 0) is 43.9 Å². The summed E-state index contributed by atoms with van der Waals surface area (Å²) in [6.07, 6.45) is 2.58. The number of hydrogen-bond donors (Lipinski definition) is 1. The number of nitrogens with zero attached hydrogens (tertiary/aromatic N) is 3. The van der Waals surface area contributed by atoms with Gasteiger partial charge in [0, 0.05) is 39.6 Å². The minimum atomic E-state index is -0.492. The molecule has 1 aliphatic carbocycles. The number of hydrogen-bond acceptors (Lipinski definition) is 7. The molecule has 7 nitrogen and oxygen atoms in total. The predicted molar refractivity (Wildman–Crippen MR) is 119 cm³/mol. The number of nitrogens with two attached hydrogens (primary N) is 1. The van der Waals surface area contributed by atoms with E-state index in [9.17, 15) is 20.2 Å². The standard InChI is InChI=1S/C23H22N4O3S/c1-3-15-9-10-20(31-15)21-16(12-24)23(25)26(17-5-4-6-19(28)22(17)21)18-11-14(27(29)30)8-7-13(18)2/h7-11,21H,3-6,25H2,1-2H3. The van der Waals surface area contributed by atoms with Crippen molar-refractivity contribution in [2.45, 2.75) is 45.4 Å². The van der Waals surface area contributed by atoms with Crippen LogP contribution in [0.3, 0.4) is 0 Å². The number of ketones is 1. The van der Waals surface area contributed by atoms with Crippen molar-refractivity contribution in [3.05, 3.63) is 78.4 Å². The van der Waals surface area contributed by atoms with E-state index in [1.807, 2.05) is 19.1 Å². The molecule has 0 fully saturated rings. The van der Waals surface area contributed by atoms with Crippen LogP contribution >= 0.6 is 11.3 Å². The summed E-state index contributed by atoms with van der Waals surface area (Å²) in [6.45, 7) is 3.90. The van der Waals surface area contributed by atoms with Crippen LogP contribution in [0.15, 0.2) is 53.0 Å². The van der Waals surface area contributed by atoms with Crippen molar-refractivity contribution in [2.24, 2.45) is 5.73 Å². The highest BCUT2D eigenvalue weighted by molar-refractivity contribution is 7.12. The van der Waals surface area contributed by atoms with Crippen LogP contribution in [0.5, 0.6) is 0 Å². The van der Waals surface area contributed by atoms with Crippen molar-refractivity contribution in [1.29, 1.82) is 5.26 Å². The zero-order valence-electron chi connectivity index (χ0n) is 17.3. The van der Waals surface area contributed by atoms with Crippen LogP contribution in [0.25, 0.3) is 0 Å². The SMILES string of the molecule is CCc1ccc(C2C(C#N)=C(N)N(c3cc([N+](=O)[O-])ccc3C)C3=C2C(=O)CCC3)s1. The Bertz CT molecular complexity index is 1200. The van der Waals surface area contributed by atoms with Gasteiger partial charge in [0.15, 0.2) is 5.78 Å². The molecule has 1 aliphatic heterocycles. The average molecular weight is 435 g/mol. The molecule has 0 spiro atoms. The number of carbonyl (C=O) groups is 1. The maximum absolute atomic E-state index is 13.1. The summed E-state index contributed by atoms with van der Waals surface area (Å²) < 4.78 is 0. The summed E-state index contributed by atoms with van der Waals surface area (Å²) in [6, 6.07) is 10.8. The van der Waals surface area contributed by atoms with Crippen LogP contribution < -0.4 is 10.6 Å². The number of Topliss-reactive ketones (excluding diaryl/α,β-unsaturated/α-hetero) is 1. The number of non-ortho nitro benzene ring substituents is 1. The summed E-state index contributed by atoms with van der Waals surface area (Å²) in [4.78, 5) is 27.8. The van der Waals surface area contributed by atoms with Crippen LogP contribution in [0.4, 0.5) is 11.4 Å². The normalized spacial score (nSPS) is 18.8. The molecule has 0 bridgehead atoms. The van der Waals surface area contributed by atoms with Gasteiger partial charge in [-0.15, -0.1) is 11.3 Å². The van der Waals surface area contributed by atoms with Crippen LogP contribution in [0.1, 0.15) is 47.4 Å². The Labute approximate surface area is 184 Å². The molecule has 0 radical (unpaired) electrons. The number of nitro benzene ring substituents is 1. The number of nitriles is 1. The van der Waals surface area contributed by atoms with Crippen molar-refractivity contribution < 1.29 is 9.72 Å². The number of thiophene rings is 1. The van der Waals surface area contributed by atoms with E-state index in [1.54, 1.807) is 22.3 Å². The van der Waals surface area contributed by atoms with E-state index in [1.165, 1.54) is 17.0 Å². The van der Waals surface area contributed by atoms with E-state index in [-0.39, 0.29) is 17.3 Å². The molecular weight excluding hydrogens is 412 g/mol. The van der Waals surface area contributed by atoms with Gasteiger partial charge >= 0.3 is 0 Å². The smallest absolute Gasteiger partial charge is 0.271 e. The third-order valence-electron chi connectivity index (χ3n) is 5.87. The number of aryl methyl sites for hydroxylation is 2. The van der Waals surface area contributed by atoms with Crippen LogP contribution in [0, 0.1) is 28.4 Å². The summed E-state index contributed by atoms with van der Waals surface area (Å²) in [5.41, 5.74) is 9.43. The molecule has 1 atom stereocenters. The summed E-state index contributed by atoms with van der Waals surface area (Å²) >= 11 is 1.59. The molecule has 2 aromatic rings. The highest BCUT2D eigenvalue weighted by Crippen LogP contribution is 2.48. The number of carbonyl (C=O) groups excluding carboxylic acids is 1. The van der Waals surface area contributed by atoms with Crippen LogP contribution in [0.2, 0.25) is 0 Å². The first-order valence-electron chi connectivity index (χ1n) is 10.2. The lowest BCUT2D eigenvalue weighted by molar-refractivity contribution is -0.384. The first-order valence-corrected chi connectivity index (χ1v) is 11.0. The summed E-state index contributed by atoms with van der Waals surface area (Å²) in [5.74, 6) is -0.254. The molecule has 31 heavy (non-hydrogen) atoms. The molecule has 0 saturated carbocycles. The van der Waals surface area contributed by atoms with Gasteiger partial charge in [-0.25, -0.2) is 0 Å². The fourth-order valence-electron chi connectivity index (χ4n) is 4.34. The van der Waals surface area contributed by atoms with Crippen molar-refractivity contribution in [3.63, 3.8) is 0 Å². The predicted octanol–water partition coefficient (Wildman–Crippen LogP) is 4.83. The van der Waals surface area contributed by atoms with Gasteiger partial charge in [0.25, 0.3) is 5.69 Å². The quantitative estimate of drug-likeness (QED) is 0.544. The number of nitro groups is 1.